The van der Waals surface area contributed by atoms with Gasteiger partial charge in [-0.3, -0.25) is 0 Å². The van der Waals surface area contributed by atoms with Crippen molar-refractivity contribution >= 4 is 22.2 Å². The molecule has 0 saturated carbocycles. The zero-order chi connectivity index (χ0) is 23.2. The Labute approximate surface area is 199 Å². The minimum absolute atomic E-state index is 0.183. The molecule has 0 radical (unpaired) electrons. The molecule has 0 unspecified atom stereocenters. The van der Waals surface area contributed by atoms with Crippen LogP contribution in [0.25, 0.3) is 0 Å². The molecule has 33 heavy (non-hydrogen) atoms. The predicted octanol–water partition coefficient (Wildman–Crippen LogP) is 7.56. The molecule has 0 atom stereocenters. The number of rotatable bonds is 4. The Balaban J connectivity index is 1.55. The first kappa shape index (κ1) is 21.7. The number of hydrogen-bond donors (Lipinski definition) is 1. The molecular formula is C30H29NOS. The quantitative estimate of drug-likeness (QED) is 0.305. The highest BCUT2D eigenvalue weighted by Crippen LogP contribution is 2.42. The molecule has 1 N–H and O–H groups in total. The molecule has 166 valence electrons. The summed E-state index contributed by atoms with van der Waals surface area (Å²) in [6, 6.07) is 33.6. The molecule has 3 heteroatoms. The highest BCUT2D eigenvalue weighted by atomic mass is 32.2. The molecule has 1 aliphatic rings. The first-order valence-corrected chi connectivity index (χ1v) is 12.5. The third kappa shape index (κ3) is 3.71. The lowest BCUT2D eigenvalue weighted by molar-refractivity contribution is 0.636. The van der Waals surface area contributed by atoms with E-state index in [1.54, 1.807) is 0 Å². The van der Waals surface area contributed by atoms with Crippen molar-refractivity contribution in [1.82, 2.24) is 0 Å². The Bertz CT molecular complexity index is 1240. The van der Waals surface area contributed by atoms with Gasteiger partial charge in [0.1, 0.15) is 0 Å². The highest BCUT2D eigenvalue weighted by molar-refractivity contribution is 7.85. The van der Waals surface area contributed by atoms with Crippen molar-refractivity contribution in [2.75, 3.05) is 5.32 Å². The van der Waals surface area contributed by atoms with Crippen LogP contribution in [-0.4, -0.2) is 4.21 Å². The lowest BCUT2D eigenvalue weighted by Gasteiger charge is -2.30. The molecule has 0 bridgehead atoms. The van der Waals surface area contributed by atoms with Crippen LogP contribution in [0.2, 0.25) is 0 Å². The minimum atomic E-state index is -1.26. The van der Waals surface area contributed by atoms with Gasteiger partial charge in [0.05, 0.1) is 32.0 Å². The third-order valence-corrected chi connectivity index (χ3v) is 8.54. The molecule has 4 aromatic carbocycles. The molecule has 0 spiro atoms. The smallest absolute Gasteiger partial charge is 0.0892 e. The van der Waals surface area contributed by atoms with E-state index in [-0.39, 0.29) is 10.8 Å². The summed E-state index contributed by atoms with van der Waals surface area (Å²) < 4.78 is 13.8. The zero-order valence-electron chi connectivity index (χ0n) is 19.6. The molecule has 0 aromatic heterocycles. The normalized spacial score (nSPS) is 13.7. The summed E-state index contributed by atoms with van der Waals surface area (Å²) in [5.74, 6) is 0. The molecular weight excluding hydrogens is 422 g/mol. The van der Waals surface area contributed by atoms with Gasteiger partial charge in [0.25, 0.3) is 0 Å². The van der Waals surface area contributed by atoms with Crippen molar-refractivity contribution in [3.05, 3.63) is 119 Å². The van der Waals surface area contributed by atoms with Crippen LogP contribution in [0.15, 0.2) is 107 Å². The summed E-state index contributed by atoms with van der Waals surface area (Å²) in [5.41, 5.74) is 6.28. The lowest BCUT2D eigenvalue weighted by Crippen LogP contribution is -2.21. The zero-order valence-corrected chi connectivity index (χ0v) is 20.4. The number of benzene rings is 4. The molecule has 1 heterocycles. The van der Waals surface area contributed by atoms with E-state index in [4.69, 9.17) is 0 Å². The summed E-state index contributed by atoms with van der Waals surface area (Å²) in [4.78, 5) is 1.69. The molecule has 4 aromatic rings. The van der Waals surface area contributed by atoms with Crippen molar-refractivity contribution in [3.63, 3.8) is 0 Å². The van der Waals surface area contributed by atoms with E-state index in [1.807, 2.05) is 12.1 Å². The fourth-order valence-corrected chi connectivity index (χ4v) is 5.98. The van der Waals surface area contributed by atoms with Crippen LogP contribution in [0.1, 0.15) is 49.9 Å². The average molecular weight is 452 g/mol. The number of anilines is 2. The maximum Gasteiger partial charge on any atom is 0.0892 e. The second kappa shape index (κ2) is 8.00. The van der Waals surface area contributed by atoms with Gasteiger partial charge < -0.3 is 5.32 Å². The SMILES string of the molecule is CC(C)(c1ccccc1)c1ccc2c(c1)S(=O)c1cc(C(C)(C)c3ccccc3)ccc1N2. The topological polar surface area (TPSA) is 29.1 Å². The second-order valence-corrected chi connectivity index (χ2v) is 11.2. The Morgan fingerprint density at radius 1 is 0.545 bits per heavy atom. The maximum atomic E-state index is 13.8. The summed E-state index contributed by atoms with van der Waals surface area (Å²) in [5, 5.41) is 3.51. The molecule has 0 amide bonds. The summed E-state index contributed by atoms with van der Waals surface area (Å²) in [6.45, 7) is 8.88. The first-order chi connectivity index (χ1) is 15.8. The standard InChI is InChI=1S/C30H29NOS/c1-29(2,21-11-7-5-8-12-21)23-15-17-25-27(19-23)33(32)28-20-24(16-18-26(28)31-25)30(3,4)22-13-9-6-10-14-22/h5-20,31H,1-4H3. The molecule has 5 rings (SSSR count). The fraction of sp³-hybridized carbons (Fsp3) is 0.200. The molecule has 0 aliphatic carbocycles. The van der Waals surface area contributed by atoms with Crippen LogP contribution >= 0.6 is 0 Å². The number of nitrogens with one attached hydrogen (secondary N) is 1. The van der Waals surface area contributed by atoms with Crippen molar-refractivity contribution in [1.29, 1.82) is 0 Å². The molecule has 0 fully saturated rings. The van der Waals surface area contributed by atoms with E-state index in [0.29, 0.717) is 0 Å². The Kier molecular flexibility index (Phi) is 5.25. The van der Waals surface area contributed by atoms with E-state index in [0.717, 1.165) is 32.3 Å². The number of hydrogen-bond acceptors (Lipinski definition) is 2. The first-order valence-electron chi connectivity index (χ1n) is 11.4. The van der Waals surface area contributed by atoms with Gasteiger partial charge in [-0.1, -0.05) is 100 Å². The van der Waals surface area contributed by atoms with Crippen molar-refractivity contribution < 1.29 is 4.21 Å². The maximum absolute atomic E-state index is 13.8. The van der Waals surface area contributed by atoms with Gasteiger partial charge in [0.15, 0.2) is 0 Å². The Hall–Kier alpha value is -3.17. The van der Waals surface area contributed by atoms with Gasteiger partial charge in [-0.25, -0.2) is 4.21 Å². The molecule has 2 nitrogen and oxygen atoms in total. The molecule has 0 saturated heterocycles. The lowest BCUT2D eigenvalue weighted by atomic mass is 9.78. The van der Waals surface area contributed by atoms with Gasteiger partial charge in [-0.15, -0.1) is 0 Å². The largest absolute Gasteiger partial charge is 0.354 e. The van der Waals surface area contributed by atoms with E-state index >= 15 is 0 Å². The summed E-state index contributed by atoms with van der Waals surface area (Å²) in [6.07, 6.45) is 0. The van der Waals surface area contributed by atoms with Crippen LogP contribution in [0.5, 0.6) is 0 Å². The van der Waals surface area contributed by atoms with Crippen LogP contribution in [0.3, 0.4) is 0 Å². The van der Waals surface area contributed by atoms with E-state index in [9.17, 15) is 4.21 Å². The van der Waals surface area contributed by atoms with Gasteiger partial charge in [0, 0.05) is 10.8 Å². The van der Waals surface area contributed by atoms with Crippen LogP contribution in [0.4, 0.5) is 11.4 Å². The van der Waals surface area contributed by atoms with E-state index in [1.165, 1.54) is 11.1 Å². The summed E-state index contributed by atoms with van der Waals surface area (Å²) in [7, 11) is -1.26. The van der Waals surface area contributed by atoms with Crippen molar-refractivity contribution in [2.24, 2.45) is 0 Å². The van der Waals surface area contributed by atoms with Crippen LogP contribution < -0.4 is 5.32 Å². The Morgan fingerprint density at radius 3 is 1.33 bits per heavy atom. The second-order valence-electron chi connectivity index (χ2n) is 9.80. The highest BCUT2D eigenvalue weighted by Gasteiger charge is 2.30. The monoisotopic (exact) mass is 451 g/mol. The minimum Gasteiger partial charge on any atom is -0.354 e. The predicted molar refractivity (Wildman–Crippen MR) is 138 cm³/mol. The van der Waals surface area contributed by atoms with E-state index < -0.39 is 10.8 Å². The van der Waals surface area contributed by atoms with Gasteiger partial charge in [-0.05, 0) is 46.5 Å². The van der Waals surface area contributed by atoms with Crippen molar-refractivity contribution in [2.45, 2.75) is 48.3 Å². The van der Waals surface area contributed by atoms with Crippen molar-refractivity contribution in [3.8, 4) is 0 Å². The fourth-order valence-electron chi connectivity index (χ4n) is 4.64. The average Bonchev–Trinajstić information content (AvgIpc) is 2.85. The van der Waals surface area contributed by atoms with Crippen LogP contribution in [-0.2, 0) is 21.6 Å². The summed E-state index contributed by atoms with van der Waals surface area (Å²) >= 11 is 0. The number of fused-ring (bicyclic) bond motifs is 2. The van der Waals surface area contributed by atoms with E-state index in [2.05, 4.69) is 118 Å². The Morgan fingerprint density at radius 2 is 0.939 bits per heavy atom. The third-order valence-electron chi connectivity index (χ3n) is 7.07. The van der Waals surface area contributed by atoms with Gasteiger partial charge in [0.2, 0.25) is 0 Å². The molecule has 1 aliphatic heterocycles. The van der Waals surface area contributed by atoms with Crippen LogP contribution in [0, 0.1) is 0 Å². The van der Waals surface area contributed by atoms with Gasteiger partial charge >= 0.3 is 0 Å². The van der Waals surface area contributed by atoms with Gasteiger partial charge in [-0.2, -0.15) is 0 Å².